The molecule has 0 saturated carbocycles. The number of rotatable bonds is 0. The maximum absolute atomic E-state index is 12.4. The monoisotopic (exact) mass is 339 g/mol. The van der Waals surface area contributed by atoms with Gasteiger partial charge in [0.1, 0.15) is 6.17 Å². The second kappa shape index (κ2) is 5.39. The zero-order valence-electron chi connectivity index (χ0n) is 13.7. The summed E-state index contributed by atoms with van der Waals surface area (Å²) in [4.78, 5) is 18.7. The third-order valence-corrected chi connectivity index (χ3v) is 6.79. The molecule has 4 nitrogen and oxygen atoms in total. The Bertz CT molecular complexity index is 759. The van der Waals surface area contributed by atoms with Crippen molar-refractivity contribution in [2.24, 2.45) is 5.92 Å². The molecular weight excluding hydrogens is 318 g/mol. The molecule has 4 aliphatic rings. The molecule has 1 aromatic carbocycles. The average molecular weight is 339 g/mol. The minimum absolute atomic E-state index is 0.0137. The number of hydrogen-bond acceptors (Lipinski definition) is 4. The molecule has 0 aromatic heterocycles. The second-order valence-corrected chi connectivity index (χ2v) is 8.29. The van der Waals surface area contributed by atoms with Gasteiger partial charge in [0.2, 0.25) is 5.91 Å². The Morgan fingerprint density at radius 3 is 3.04 bits per heavy atom. The van der Waals surface area contributed by atoms with Crippen LogP contribution in [0.1, 0.15) is 17.9 Å². The number of benzene rings is 1. The minimum Gasteiger partial charge on any atom is -0.338 e. The largest absolute Gasteiger partial charge is 0.338 e. The Hall–Kier alpha value is -1.72. The summed E-state index contributed by atoms with van der Waals surface area (Å²) in [7, 11) is 2.18. The molecule has 0 radical (unpaired) electrons. The number of nitrogens with one attached hydrogen (secondary N) is 1. The fourth-order valence-corrected chi connectivity index (χ4v) is 5.99. The van der Waals surface area contributed by atoms with E-state index in [9.17, 15) is 4.79 Å². The molecule has 0 spiro atoms. The van der Waals surface area contributed by atoms with E-state index in [1.165, 1.54) is 15.5 Å². The molecule has 5 rings (SSSR count). The number of nitrogens with zero attached hydrogens (tertiary/aromatic N) is 2. The van der Waals surface area contributed by atoms with Crippen molar-refractivity contribution in [1.29, 1.82) is 0 Å². The fraction of sp³-hybridized carbons (Fsp3) is 0.421. The molecule has 5 heteroatoms. The van der Waals surface area contributed by atoms with Gasteiger partial charge in [0.15, 0.2) is 0 Å². The predicted molar refractivity (Wildman–Crippen MR) is 95.4 cm³/mol. The number of hydrogen-bond donors (Lipinski definition) is 1. The number of fused-ring (bicyclic) bond motifs is 2. The Balaban J connectivity index is 1.71. The number of piperidine rings is 1. The van der Waals surface area contributed by atoms with Gasteiger partial charge < -0.3 is 15.1 Å². The lowest BCUT2D eigenvalue weighted by Crippen LogP contribution is -2.56. The predicted octanol–water partition coefficient (Wildman–Crippen LogP) is 2.37. The smallest absolute Gasteiger partial charge is 0.222 e. The standard InChI is InChI=1S/C19H21N3OS/c1-21-10-12-9-17(23)20-16-7-4-8-18-22(16)19(12)14(11-21)13-5-2-3-6-15(13)24-18/h2-8,12,14,16,19H,9-11H2,1H3,(H,20,23). The molecule has 2 saturated heterocycles. The lowest BCUT2D eigenvalue weighted by atomic mass is 9.77. The number of thioether (sulfide) groups is 1. The molecule has 0 aliphatic carbocycles. The topological polar surface area (TPSA) is 35.6 Å². The maximum atomic E-state index is 12.4. The molecule has 1 N–H and O–H groups in total. The van der Waals surface area contributed by atoms with E-state index in [-0.39, 0.29) is 12.1 Å². The van der Waals surface area contributed by atoms with Gasteiger partial charge in [0, 0.05) is 42.3 Å². The Labute approximate surface area is 146 Å². The van der Waals surface area contributed by atoms with E-state index in [1.54, 1.807) is 0 Å². The summed E-state index contributed by atoms with van der Waals surface area (Å²) in [5.74, 6) is 0.974. The number of likely N-dealkylation sites (N-methyl/N-ethyl adjacent to an activating group) is 1. The van der Waals surface area contributed by atoms with Crippen molar-refractivity contribution in [3.05, 3.63) is 53.1 Å². The van der Waals surface area contributed by atoms with Crippen molar-refractivity contribution in [2.75, 3.05) is 20.1 Å². The number of carbonyl (C=O) groups excluding carboxylic acids is 1. The first-order valence-electron chi connectivity index (χ1n) is 8.62. The highest BCUT2D eigenvalue weighted by molar-refractivity contribution is 8.03. The van der Waals surface area contributed by atoms with Crippen LogP contribution in [-0.4, -0.2) is 48.1 Å². The summed E-state index contributed by atoms with van der Waals surface area (Å²) in [6.07, 6.45) is 7.01. The van der Waals surface area contributed by atoms with Gasteiger partial charge in [0.25, 0.3) is 0 Å². The Kier molecular flexibility index (Phi) is 3.28. The zero-order valence-corrected chi connectivity index (χ0v) is 14.5. The molecule has 1 aromatic rings. The highest BCUT2D eigenvalue weighted by atomic mass is 32.2. The highest BCUT2D eigenvalue weighted by Gasteiger charge is 2.48. The van der Waals surface area contributed by atoms with Crippen LogP contribution in [0.5, 0.6) is 0 Å². The first-order chi connectivity index (χ1) is 11.7. The third kappa shape index (κ3) is 2.15. The molecule has 4 aliphatic heterocycles. The third-order valence-electron chi connectivity index (χ3n) is 5.65. The average Bonchev–Trinajstić information content (AvgIpc) is 2.79. The normalized spacial score (nSPS) is 34.5. The summed E-state index contributed by atoms with van der Waals surface area (Å²) in [6, 6.07) is 9.17. The molecule has 124 valence electrons. The number of allylic oxidation sites excluding steroid dienone is 2. The van der Waals surface area contributed by atoms with Crippen LogP contribution in [-0.2, 0) is 4.79 Å². The lowest BCUT2D eigenvalue weighted by molar-refractivity contribution is -0.122. The van der Waals surface area contributed by atoms with Crippen LogP contribution in [0.3, 0.4) is 0 Å². The van der Waals surface area contributed by atoms with Gasteiger partial charge in [-0.2, -0.15) is 0 Å². The Morgan fingerprint density at radius 1 is 1.25 bits per heavy atom. The number of amides is 1. The number of likely N-dealkylation sites (tertiary alicyclic amines) is 1. The highest BCUT2D eigenvalue weighted by Crippen LogP contribution is 2.49. The van der Waals surface area contributed by atoms with E-state index in [0.29, 0.717) is 24.3 Å². The van der Waals surface area contributed by atoms with Crippen molar-refractivity contribution in [3.63, 3.8) is 0 Å². The van der Waals surface area contributed by atoms with E-state index in [4.69, 9.17) is 0 Å². The first kappa shape index (κ1) is 14.6. The first-order valence-corrected chi connectivity index (χ1v) is 9.44. The van der Waals surface area contributed by atoms with Crippen LogP contribution in [0.25, 0.3) is 0 Å². The van der Waals surface area contributed by atoms with Crippen molar-refractivity contribution in [2.45, 2.75) is 29.4 Å². The molecule has 4 heterocycles. The summed E-state index contributed by atoms with van der Waals surface area (Å²) < 4.78 is 0. The van der Waals surface area contributed by atoms with Crippen LogP contribution >= 0.6 is 11.8 Å². The summed E-state index contributed by atoms with van der Waals surface area (Å²) >= 11 is 1.85. The number of carbonyl (C=O) groups is 1. The second-order valence-electron chi connectivity index (χ2n) is 7.23. The van der Waals surface area contributed by atoms with Crippen LogP contribution in [0.4, 0.5) is 0 Å². The van der Waals surface area contributed by atoms with E-state index >= 15 is 0 Å². The lowest BCUT2D eigenvalue weighted by Gasteiger charge is -2.48. The molecule has 4 atom stereocenters. The maximum Gasteiger partial charge on any atom is 0.222 e. The van der Waals surface area contributed by atoms with Crippen LogP contribution in [0.2, 0.25) is 0 Å². The van der Waals surface area contributed by atoms with E-state index in [2.05, 4.69) is 64.7 Å². The molecule has 24 heavy (non-hydrogen) atoms. The minimum atomic E-state index is -0.0137. The molecule has 2 fully saturated rings. The van der Waals surface area contributed by atoms with Crippen molar-refractivity contribution in [1.82, 2.24) is 15.1 Å². The summed E-state index contributed by atoms with van der Waals surface area (Å²) in [5, 5.41) is 4.48. The van der Waals surface area contributed by atoms with E-state index in [1.807, 2.05) is 11.8 Å². The molecular formula is C19H21N3OS. The van der Waals surface area contributed by atoms with Gasteiger partial charge in [-0.1, -0.05) is 36.0 Å². The fourth-order valence-electron chi connectivity index (χ4n) is 4.79. The van der Waals surface area contributed by atoms with Gasteiger partial charge >= 0.3 is 0 Å². The quantitative estimate of drug-likeness (QED) is 0.787. The molecule has 0 bridgehead atoms. The zero-order chi connectivity index (χ0) is 16.3. The van der Waals surface area contributed by atoms with Gasteiger partial charge in [-0.05, 0) is 30.8 Å². The summed E-state index contributed by atoms with van der Waals surface area (Å²) in [5.41, 5.74) is 1.44. The van der Waals surface area contributed by atoms with Gasteiger partial charge in [0.05, 0.1) is 5.03 Å². The van der Waals surface area contributed by atoms with E-state index < -0.39 is 0 Å². The SMILES string of the molecule is CN1CC2CC(=O)NC3C=CC=C4Sc5ccccc5C(C1)C2N43. The molecule has 1 amide bonds. The van der Waals surface area contributed by atoms with E-state index in [0.717, 1.165) is 13.1 Å². The van der Waals surface area contributed by atoms with Crippen LogP contribution in [0, 0.1) is 5.92 Å². The molecule has 4 unspecified atom stereocenters. The van der Waals surface area contributed by atoms with Crippen LogP contribution < -0.4 is 5.32 Å². The van der Waals surface area contributed by atoms with Gasteiger partial charge in [-0.3, -0.25) is 4.79 Å². The van der Waals surface area contributed by atoms with Gasteiger partial charge in [-0.25, -0.2) is 0 Å². The Morgan fingerprint density at radius 2 is 2.12 bits per heavy atom. The van der Waals surface area contributed by atoms with Gasteiger partial charge in [-0.15, -0.1) is 0 Å². The summed E-state index contributed by atoms with van der Waals surface area (Å²) in [6.45, 7) is 2.04. The van der Waals surface area contributed by atoms with Crippen LogP contribution in [0.15, 0.2) is 52.4 Å². The van der Waals surface area contributed by atoms with Crippen molar-refractivity contribution >= 4 is 17.7 Å². The van der Waals surface area contributed by atoms with Crippen molar-refractivity contribution < 1.29 is 4.79 Å². The van der Waals surface area contributed by atoms with Crippen molar-refractivity contribution in [3.8, 4) is 0 Å².